The van der Waals surface area contributed by atoms with Gasteiger partial charge in [-0.05, 0) is 31.9 Å². The summed E-state index contributed by atoms with van der Waals surface area (Å²) in [5.41, 5.74) is 4.86. The van der Waals surface area contributed by atoms with Crippen molar-refractivity contribution in [3.63, 3.8) is 0 Å². The Bertz CT molecular complexity index is 594. The van der Waals surface area contributed by atoms with Gasteiger partial charge in [-0.2, -0.15) is 0 Å². The molecule has 0 aliphatic rings. The molecule has 0 aromatic heterocycles. The van der Waals surface area contributed by atoms with Crippen molar-refractivity contribution in [1.29, 1.82) is 0 Å². The molecule has 2 atom stereocenters. The zero-order valence-electron chi connectivity index (χ0n) is 13.6. The molecule has 7 nitrogen and oxygen atoms in total. The number of hydrogen-bond donors (Lipinski definition) is 2. The maximum Gasteiger partial charge on any atom is 0.312 e. The fourth-order valence-electron chi connectivity index (χ4n) is 1.79. The number of nitrogens with zero attached hydrogens (tertiary/aromatic N) is 1. The smallest absolute Gasteiger partial charge is 0.312 e. The summed E-state index contributed by atoms with van der Waals surface area (Å²) in [5.74, 6) is -0.287. The molecule has 0 heterocycles. The number of ether oxygens (including phenoxy) is 1. The van der Waals surface area contributed by atoms with Crippen LogP contribution >= 0.6 is 11.6 Å². The van der Waals surface area contributed by atoms with Crippen molar-refractivity contribution >= 4 is 23.2 Å². The molecule has 0 bridgehead atoms. The van der Waals surface area contributed by atoms with Gasteiger partial charge in [0.2, 0.25) is 0 Å². The molecule has 23 heavy (non-hydrogen) atoms. The van der Waals surface area contributed by atoms with E-state index in [1.165, 1.54) is 25.1 Å². The molecule has 2 unspecified atom stereocenters. The molecule has 3 N–H and O–H groups in total. The third kappa shape index (κ3) is 4.80. The molecule has 0 spiro atoms. The number of hydrogen-bond acceptors (Lipinski definition) is 5. The maximum atomic E-state index is 12.3. The number of halogens is 1. The van der Waals surface area contributed by atoms with Crippen molar-refractivity contribution in [3.8, 4) is 5.75 Å². The largest absolute Gasteiger partial charge is 0.474 e. The Labute approximate surface area is 140 Å². The Balaban J connectivity index is 2.90. The predicted octanol–water partition coefficient (Wildman–Crippen LogP) is 2.51. The van der Waals surface area contributed by atoms with Crippen LogP contribution in [0.5, 0.6) is 5.75 Å². The van der Waals surface area contributed by atoms with Gasteiger partial charge >= 0.3 is 5.69 Å². The quantitative estimate of drug-likeness (QED) is 0.584. The molecule has 0 aliphatic heterocycles. The van der Waals surface area contributed by atoms with Gasteiger partial charge in [-0.1, -0.05) is 25.4 Å². The molecular weight excluding hydrogens is 322 g/mol. The first-order valence-electron chi connectivity index (χ1n) is 7.23. The van der Waals surface area contributed by atoms with Gasteiger partial charge in [0.15, 0.2) is 11.9 Å². The Morgan fingerprint density at radius 1 is 1.48 bits per heavy atom. The van der Waals surface area contributed by atoms with Gasteiger partial charge in [0.1, 0.15) is 0 Å². The molecular formula is C15H22ClN3O4. The highest BCUT2D eigenvalue weighted by molar-refractivity contribution is 6.30. The molecule has 0 saturated carbocycles. The minimum atomic E-state index is -0.917. The summed E-state index contributed by atoms with van der Waals surface area (Å²) in [4.78, 5) is 22.7. The lowest BCUT2D eigenvalue weighted by molar-refractivity contribution is -0.386. The standard InChI is InChI=1S/C15H22ClN3O4/c1-9(2)15(4,8-17)18-14(20)10(3)23-13-6-5-11(16)7-12(13)19(21)22/h5-7,9-10H,8,17H2,1-4H3,(H,18,20). The average molecular weight is 344 g/mol. The summed E-state index contributed by atoms with van der Waals surface area (Å²) in [6.45, 7) is 7.52. The second kappa shape index (κ2) is 7.61. The van der Waals surface area contributed by atoms with E-state index < -0.39 is 22.5 Å². The molecule has 8 heteroatoms. The number of carbonyl (C=O) groups is 1. The molecule has 0 fully saturated rings. The predicted molar refractivity (Wildman–Crippen MR) is 88.6 cm³/mol. The number of nitro benzene ring substituents is 1. The lowest BCUT2D eigenvalue weighted by atomic mass is 9.88. The van der Waals surface area contributed by atoms with E-state index in [0.717, 1.165) is 0 Å². The number of nitrogens with one attached hydrogen (secondary N) is 1. The molecule has 0 aliphatic carbocycles. The summed E-state index contributed by atoms with van der Waals surface area (Å²) >= 11 is 5.75. The van der Waals surface area contributed by atoms with Crippen molar-refractivity contribution in [2.24, 2.45) is 11.7 Å². The van der Waals surface area contributed by atoms with Crippen LogP contribution in [0.3, 0.4) is 0 Å². The normalized spacial score (nSPS) is 14.9. The van der Waals surface area contributed by atoms with Gasteiger partial charge in [0.05, 0.1) is 10.5 Å². The topological polar surface area (TPSA) is 107 Å². The first kappa shape index (κ1) is 19.2. The van der Waals surface area contributed by atoms with Gasteiger partial charge in [0.25, 0.3) is 5.91 Å². The Hall–Kier alpha value is -1.86. The summed E-state index contributed by atoms with van der Waals surface area (Å²) < 4.78 is 5.44. The lowest BCUT2D eigenvalue weighted by Gasteiger charge is -2.34. The van der Waals surface area contributed by atoms with Gasteiger partial charge in [-0.15, -0.1) is 0 Å². The second-order valence-corrected chi connectivity index (χ2v) is 6.33. The zero-order chi connectivity index (χ0) is 17.8. The highest BCUT2D eigenvalue weighted by atomic mass is 35.5. The van der Waals surface area contributed by atoms with Crippen LogP contribution < -0.4 is 15.8 Å². The Morgan fingerprint density at radius 3 is 2.57 bits per heavy atom. The van der Waals surface area contributed by atoms with Crippen LogP contribution in [-0.4, -0.2) is 29.0 Å². The van der Waals surface area contributed by atoms with Crippen molar-refractivity contribution in [3.05, 3.63) is 33.3 Å². The zero-order valence-corrected chi connectivity index (χ0v) is 14.4. The number of carbonyl (C=O) groups excluding carboxylic acids is 1. The molecule has 1 amide bonds. The number of rotatable bonds is 7. The van der Waals surface area contributed by atoms with Gasteiger partial charge in [-0.3, -0.25) is 14.9 Å². The fourth-order valence-corrected chi connectivity index (χ4v) is 1.96. The number of amides is 1. The van der Waals surface area contributed by atoms with Crippen molar-refractivity contribution in [2.75, 3.05) is 6.54 Å². The van der Waals surface area contributed by atoms with E-state index in [4.69, 9.17) is 22.1 Å². The summed E-state index contributed by atoms with van der Waals surface area (Å²) in [6.07, 6.45) is -0.917. The second-order valence-electron chi connectivity index (χ2n) is 5.89. The van der Waals surface area contributed by atoms with Crippen LogP contribution in [-0.2, 0) is 4.79 Å². The minimum Gasteiger partial charge on any atom is -0.474 e. The highest BCUT2D eigenvalue weighted by Crippen LogP contribution is 2.30. The van der Waals surface area contributed by atoms with E-state index in [9.17, 15) is 14.9 Å². The third-order valence-electron chi connectivity index (χ3n) is 3.90. The van der Waals surface area contributed by atoms with Crippen LogP contribution in [0.1, 0.15) is 27.7 Å². The van der Waals surface area contributed by atoms with E-state index in [1.54, 1.807) is 0 Å². The lowest BCUT2D eigenvalue weighted by Crippen LogP contribution is -2.57. The number of benzene rings is 1. The van der Waals surface area contributed by atoms with Crippen LogP contribution in [0.2, 0.25) is 5.02 Å². The first-order valence-corrected chi connectivity index (χ1v) is 7.61. The molecule has 0 saturated heterocycles. The van der Waals surface area contributed by atoms with Gasteiger partial charge in [0, 0.05) is 17.6 Å². The molecule has 0 radical (unpaired) electrons. The summed E-state index contributed by atoms with van der Waals surface area (Å²) in [5, 5.41) is 14.1. The maximum absolute atomic E-state index is 12.3. The Morgan fingerprint density at radius 2 is 2.09 bits per heavy atom. The van der Waals surface area contributed by atoms with Crippen LogP contribution in [0.4, 0.5) is 5.69 Å². The SMILES string of the molecule is CC(Oc1ccc(Cl)cc1[N+](=O)[O-])C(=O)NC(C)(CN)C(C)C. The van der Waals surface area contributed by atoms with E-state index in [1.807, 2.05) is 20.8 Å². The minimum absolute atomic E-state index is 0.0129. The highest BCUT2D eigenvalue weighted by Gasteiger charge is 2.31. The number of nitrogens with two attached hydrogens (primary N) is 1. The van der Waals surface area contributed by atoms with E-state index in [0.29, 0.717) is 0 Å². The average Bonchev–Trinajstić information content (AvgIpc) is 2.48. The molecule has 128 valence electrons. The van der Waals surface area contributed by atoms with Gasteiger partial charge < -0.3 is 15.8 Å². The van der Waals surface area contributed by atoms with Crippen molar-refractivity contribution in [1.82, 2.24) is 5.32 Å². The van der Waals surface area contributed by atoms with Crippen LogP contribution in [0.15, 0.2) is 18.2 Å². The van der Waals surface area contributed by atoms with Crippen LogP contribution in [0, 0.1) is 16.0 Å². The first-order chi connectivity index (χ1) is 10.6. The molecule has 1 rings (SSSR count). The van der Waals surface area contributed by atoms with Gasteiger partial charge in [-0.25, -0.2) is 0 Å². The van der Waals surface area contributed by atoms with E-state index >= 15 is 0 Å². The summed E-state index contributed by atoms with van der Waals surface area (Å²) in [6, 6.07) is 4.01. The molecule has 1 aromatic rings. The molecule has 1 aromatic carbocycles. The third-order valence-corrected chi connectivity index (χ3v) is 4.13. The van der Waals surface area contributed by atoms with E-state index in [-0.39, 0.29) is 28.9 Å². The Kier molecular flexibility index (Phi) is 6.35. The summed E-state index contributed by atoms with van der Waals surface area (Å²) in [7, 11) is 0. The fraction of sp³-hybridized carbons (Fsp3) is 0.533. The monoisotopic (exact) mass is 343 g/mol. The van der Waals surface area contributed by atoms with Crippen LogP contribution in [0.25, 0.3) is 0 Å². The van der Waals surface area contributed by atoms with E-state index in [2.05, 4.69) is 5.32 Å². The van der Waals surface area contributed by atoms with Crippen molar-refractivity contribution in [2.45, 2.75) is 39.3 Å². The van der Waals surface area contributed by atoms with Crippen molar-refractivity contribution < 1.29 is 14.5 Å². The number of nitro groups is 1.